The van der Waals surface area contributed by atoms with Crippen LogP contribution in [0.5, 0.6) is 0 Å². The van der Waals surface area contributed by atoms with Gasteiger partial charge in [-0.15, -0.1) is 0 Å². The second-order valence-electron chi connectivity index (χ2n) is 4.41. The Labute approximate surface area is 92.7 Å². The monoisotopic (exact) mass is 210 g/mol. The number of carbonyl (C=O) groups is 1. The molecule has 0 aliphatic carbocycles. The Hall–Kier alpha value is -1.05. The molecule has 0 radical (unpaired) electrons. The van der Waals surface area contributed by atoms with Crippen LogP contribution in [0.2, 0.25) is 0 Å². The minimum Gasteiger partial charge on any atom is -0.481 e. The fourth-order valence-electron chi connectivity index (χ4n) is 1.49. The molecule has 2 heteroatoms. The van der Waals surface area contributed by atoms with Gasteiger partial charge in [0.15, 0.2) is 0 Å². The van der Waals surface area contributed by atoms with Crippen molar-refractivity contribution in [1.29, 1.82) is 0 Å². The maximum absolute atomic E-state index is 10.5. The van der Waals surface area contributed by atoms with Crippen molar-refractivity contribution in [2.24, 2.45) is 5.92 Å². The third-order valence-corrected chi connectivity index (χ3v) is 2.16. The molecule has 1 atom stereocenters. The number of hydrogen-bond donors (Lipinski definition) is 1. The van der Waals surface area contributed by atoms with Crippen LogP contribution < -0.4 is 0 Å². The predicted molar refractivity (Wildman–Crippen MR) is 63.8 cm³/mol. The van der Waals surface area contributed by atoms with Crippen LogP contribution in [0.25, 0.3) is 0 Å². The van der Waals surface area contributed by atoms with Crippen LogP contribution in [0.3, 0.4) is 0 Å². The van der Waals surface area contributed by atoms with E-state index in [-0.39, 0.29) is 12.3 Å². The molecule has 15 heavy (non-hydrogen) atoms. The van der Waals surface area contributed by atoms with E-state index in [9.17, 15) is 4.79 Å². The minimum absolute atomic E-state index is 0.134. The van der Waals surface area contributed by atoms with Gasteiger partial charge < -0.3 is 5.11 Å². The summed E-state index contributed by atoms with van der Waals surface area (Å²) in [5, 5.41) is 8.61. The van der Waals surface area contributed by atoms with Gasteiger partial charge in [0.2, 0.25) is 0 Å². The Kier molecular flexibility index (Phi) is 6.76. The molecule has 0 aliphatic heterocycles. The maximum Gasteiger partial charge on any atom is 0.303 e. The zero-order valence-corrected chi connectivity index (χ0v) is 10.2. The highest BCUT2D eigenvalue weighted by Gasteiger charge is 2.04. The number of rotatable bonds is 6. The quantitative estimate of drug-likeness (QED) is 0.677. The maximum atomic E-state index is 10.5. The Bertz CT molecular complexity index is 258. The number of aliphatic carboxylic acids is 1. The largest absolute Gasteiger partial charge is 0.481 e. The van der Waals surface area contributed by atoms with E-state index in [1.807, 2.05) is 6.92 Å². The van der Waals surface area contributed by atoms with Crippen LogP contribution in [0, 0.1) is 5.92 Å². The molecule has 0 heterocycles. The summed E-state index contributed by atoms with van der Waals surface area (Å²) in [6, 6.07) is 0. The van der Waals surface area contributed by atoms with Crippen LogP contribution >= 0.6 is 0 Å². The van der Waals surface area contributed by atoms with Crippen molar-refractivity contribution in [3.8, 4) is 0 Å². The molecule has 0 amide bonds. The Morgan fingerprint density at radius 3 is 2.40 bits per heavy atom. The van der Waals surface area contributed by atoms with Crippen molar-refractivity contribution in [2.45, 2.75) is 47.0 Å². The molecule has 2 nitrogen and oxygen atoms in total. The Balaban J connectivity index is 3.97. The normalized spacial score (nSPS) is 13.5. The first-order chi connectivity index (χ1) is 6.91. The average molecular weight is 210 g/mol. The van der Waals surface area contributed by atoms with Gasteiger partial charge in [-0.05, 0) is 39.5 Å². The highest BCUT2D eigenvalue weighted by atomic mass is 16.4. The summed E-state index contributed by atoms with van der Waals surface area (Å²) >= 11 is 0. The standard InChI is InChI=1S/C13H22O2/c1-10(2)6-5-7-11(3)8-12(4)9-13(14)15/h6,8,12H,5,7,9H2,1-4H3,(H,14,15)/b11-8-. The Morgan fingerprint density at radius 1 is 1.33 bits per heavy atom. The van der Waals surface area contributed by atoms with Crippen LogP contribution in [-0.4, -0.2) is 11.1 Å². The molecule has 1 N–H and O–H groups in total. The van der Waals surface area contributed by atoms with Crippen LogP contribution in [-0.2, 0) is 4.79 Å². The summed E-state index contributed by atoms with van der Waals surface area (Å²) in [4.78, 5) is 10.5. The molecule has 0 fully saturated rings. The van der Waals surface area contributed by atoms with E-state index in [0.29, 0.717) is 0 Å². The number of hydrogen-bond acceptors (Lipinski definition) is 1. The van der Waals surface area contributed by atoms with Crippen molar-refractivity contribution in [2.75, 3.05) is 0 Å². The highest BCUT2D eigenvalue weighted by molar-refractivity contribution is 5.67. The van der Waals surface area contributed by atoms with Crippen molar-refractivity contribution < 1.29 is 9.90 Å². The first kappa shape index (κ1) is 13.9. The molecule has 86 valence electrons. The molecule has 0 aromatic rings. The van der Waals surface area contributed by atoms with Gasteiger partial charge in [0.05, 0.1) is 6.42 Å². The second kappa shape index (κ2) is 7.27. The molecular formula is C13H22O2. The first-order valence-electron chi connectivity index (χ1n) is 5.44. The van der Waals surface area contributed by atoms with Gasteiger partial charge in [0.25, 0.3) is 0 Å². The van der Waals surface area contributed by atoms with Gasteiger partial charge >= 0.3 is 5.97 Å². The van der Waals surface area contributed by atoms with E-state index in [2.05, 4.69) is 32.9 Å². The van der Waals surface area contributed by atoms with Crippen molar-refractivity contribution in [3.05, 3.63) is 23.3 Å². The molecular weight excluding hydrogens is 188 g/mol. The lowest BCUT2D eigenvalue weighted by molar-refractivity contribution is -0.137. The van der Waals surface area contributed by atoms with E-state index in [1.54, 1.807) is 0 Å². The summed E-state index contributed by atoms with van der Waals surface area (Å²) in [6.07, 6.45) is 6.56. The van der Waals surface area contributed by atoms with Gasteiger partial charge in [-0.1, -0.05) is 30.2 Å². The van der Waals surface area contributed by atoms with E-state index in [4.69, 9.17) is 5.11 Å². The van der Waals surface area contributed by atoms with Gasteiger partial charge in [-0.2, -0.15) is 0 Å². The van der Waals surface area contributed by atoms with Gasteiger partial charge in [-0.25, -0.2) is 0 Å². The lowest BCUT2D eigenvalue weighted by atomic mass is 10.0. The van der Waals surface area contributed by atoms with Crippen LogP contribution in [0.15, 0.2) is 23.3 Å². The molecule has 0 rings (SSSR count). The first-order valence-corrected chi connectivity index (χ1v) is 5.44. The van der Waals surface area contributed by atoms with Gasteiger partial charge in [0.1, 0.15) is 0 Å². The zero-order valence-electron chi connectivity index (χ0n) is 10.2. The van der Waals surface area contributed by atoms with Gasteiger partial charge in [-0.3, -0.25) is 4.79 Å². The number of allylic oxidation sites excluding steroid dienone is 4. The molecule has 0 saturated carbocycles. The fraction of sp³-hybridized carbons (Fsp3) is 0.615. The van der Waals surface area contributed by atoms with E-state index < -0.39 is 5.97 Å². The van der Waals surface area contributed by atoms with Crippen LogP contribution in [0.1, 0.15) is 47.0 Å². The summed E-state index contributed by atoms with van der Waals surface area (Å²) in [5.41, 5.74) is 2.61. The third-order valence-electron chi connectivity index (χ3n) is 2.16. The highest BCUT2D eigenvalue weighted by Crippen LogP contribution is 2.12. The average Bonchev–Trinajstić information content (AvgIpc) is 2.00. The SMILES string of the molecule is CC(C)=CCC/C(C)=C\C(C)CC(=O)O. The van der Waals surface area contributed by atoms with Crippen LogP contribution in [0.4, 0.5) is 0 Å². The third kappa shape index (κ3) is 9.26. The smallest absolute Gasteiger partial charge is 0.303 e. The second-order valence-corrected chi connectivity index (χ2v) is 4.41. The summed E-state index contributed by atoms with van der Waals surface area (Å²) in [5.74, 6) is -0.593. The van der Waals surface area contributed by atoms with E-state index in [1.165, 1.54) is 11.1 Å². The van der Waals surface area contributed by atoms with E-state index >= 15 is 0 Å². The summed E-state index contributed by atoms with van der Waals surface area (Å²) < 4.78 is 0. The van der Waals surface area contributed by atoms with Crippen molar-refractivity contribution in [1.82, 2.24) is 0 Å². The molecule has 0 bridgehead atoms. The van der Waals surface area contributed by atoms with Crippen molar-refractivity contribution >= 4 is 5.97 Å². The Morgan fingerprint density at radius 2 is 1.93 bits per heavy atom. The lowest BCUT2D eigenvalue weighted by Gasteiger charge is -2.05. The fourth-order valence-corrected chi connectivity index (χ4v) is 1.49. The molecule has 0 aromatic carbocycles. The number of carboxylic acids is 1. The molecule has 0 aromatic heterocycles. The van der Waals surface area contributed by atoms with Crippen molar-refractivity contribution in [3.63, 3.8) is 0 Å². The summed E-state index contributed by atoms with van der Waals surface area (Å²) in [6.45, 7) is 8.19. The topological polar surface area (TPSA) is 37.3 Å². The van der Waals surface area contributed by atoms with E-state index in [0.717, 1.165) is 12.8 Å². The predicted octanol–water partition coefficient (Wildman–Crippen LogP) is 3.79. The zero-order chi connectivity index (χ0) is 11.8. The molecule has 0 aliphatic rings. The minimum atomic E-state index is -0.726. The summed E-state index contributed by atoms with van der Waals surface area (Å²) in [7, 11) is 0. The lowest BCUT2D eigenvalue weighted by Crippen LogP contribution is -2.01. The molecule has 0 saturated heterocycles. The molecule has 0 spiro atoms. The van der Waals surface area contributed by atoms with Gasteiger partial charge in [0, 0.05) is 0 Å². The number of carboxylic acid groups (broad SMARTS) is 1. The molecule has 1 unspecified atom stereocenters.